The lowest BCUT2D eigenvalue weighted by Crippen LogP contribution is -2.09. The maximum atomic E-state index is 5.31. The topological polar surface area (TPSA) is 56.1 Å². The van der Waals surface area contributed by atoms with Gasteiger partial charge in [0.25, 0.3) is 0 Å². The van der Waals surface area contributed by atoms with Gasteiger partial charge in [-0.25, -0.2) is 4.68 Å². The van der Waals surface area contributed by atoms with Crippen molar-refractivity contribution in [3.8, 4) is 0 Å². The van der Waals surface area contributed by atoms with Crippen LogP contribution in [0.15, 0.2) is 5.16 Å². The molecule has 0 N–H and O–H groups in total. The summed E-state index contributed by atoms with van der Waals surface area (Å²) in [6.45, 7) is 2.98. The van der Waals surface area contributed by atoms with E-state index in [9.17, 15) is 0 Å². The predicted molar refractivity (Wildman–Crippen MR) is 51.2 cm³/mol. The van der Waals surface area contributed by atoms with E-state index in [1.807, 2.05) is 4.68 Å². The van der Waals surface area contributed by atoms with Crippen LogP contribution >= 0.6 is 11.8 Å². The van der Waals surface area contributed by atoms with Crippen LogP contribution in [0.2, 0.25) is 0 Å². The van der Waals surface area contributed by atoms with Crippen LogP contribution < -0.4 is 0 Å². The zero-order valence-electron chi connectivity index (χ0n) is 8.01. The Morgan fingerprint density at radius 2 is 2.43 bits per heavy atom. The molecule has 5 nitrogen and oxygen atoms in total. The highest BCUT2D eigenvalue weighted by atomic mass is 32.2. The summed E-state index contributed by atoms with van der Waals surface area (Å²) < 4.78 is 7.25. The molecule has 1 aliphatic carbocycles. The quantitative estimate of drug-likeness (QED) is 0.548. The summed E-state index contributed by atoms with van der Waals surface area (Å²) in [5.41, 5.74) is 0.0744. The Bertz CT molecular complexity index is 345. The monoisotopic (exact) mass is 212 g/mol. The van der Waals surface area contributed by atoms with Crippen molar-refractivity contribution >= 4 is 11.8 Å². The molecule has 2 aliphatic rings. The SMILES string of the molecule is CC1(CSc2nnnn2C2CC2)CO1. The van der Waals surface area contributed by atoms with Crippen molar-refractivity contribution < 1.29 is 4.74 Å². The van der Waals surface area contributed by atoms with Crippen molar-refractivity contribution in [1.29, 1.82) is 0 Å². The highest BCUT2D eigenvalue weighted by molar-refractivity contribution is 7.99. The molecule has 1 saturated heterocycles. The molecule has 1 aromatic rings. The molecule has 0 amide bonds. The summed E-state index contributed by atoms with van der Waals surface area (Å²) in [5.74, 6) is 0.945. The average molecular weight is 212 g/mol. The van der Waals surface area contributed by atoms with E-state index in [1.165, 1.54) is 12.8 Å². The number of thioether (sulfide) groups is 1. The molecule has 0 spiro atoms. The third-order valence-corrected chi connectivity index (χ3v) is 3.78. The Balaban J connectivity index is 1.66. The number of nitrogens with zero attached hydrogens (tertiary/aromatic N) is 4. The fourth-order valence-electron chi connectivity index (χ4n) is 1.25. The summed E-state index contributed by atoms with van der Waals surface area (Å²) in [4.78, 5) is 0. The minimum atomic E-state index is 0.0744. The van der Waals surface area contributed by atoms with Crippen molar-refractivity contribution in [2.45, 2.75) is 36.6 Å². The number of epoxide rings is 1. The van der Waals surface area contributed by atoms with Gasteiger partial charge in [-0.15, -0.1) is 5.10 Å². The van der Waals surface area contributed by atoms with Gasteiger partial charge < -0.3 is 4.74 Å². The van der Waals surface area contributed by atoms with Gasteiger partial charge >= 0.3 is 0 Å². The minimum Gasteiger partial charge on any atom is -0.369 e. The van der Waals surface area contributed by atoms with Crippen LogP contribution in [0.3, 0.4) is 0 Å². The number of tetrazole rings is 1. The van der Waals surface area contributed by atoms with Crippen LogP contribution in [-0.2, 0) is 4.74 Å². The summed E-state index contributed by atoms with van der Waals surface area (Å²) >= 11 is 1.69. The lowest BCUT2D eigenvalue weighted by molar-refractivity contribution is 0.348. The van der Waals surface area contributed by atoms with Crippen LogP contribution in [0.25, 0.3) is 0 Å². The van der Waals surface area contributed by atoms with Gasteiger partial charge in [0, 0.05) is 5.75 Å². The molecular weight excluding hydrogens is 200 g/mol. The Morgan fingerprint density at radius 1 is 1.64 bits per heavy atom. The molecular formula is C8H12N4OS. The Kier molecular flexibility index (Phi) is 1.82. The lowest BCUT2D eigenvalue weighted by atomic mass is 10.3. The lowest BCUT2D eigenvalue weighted by Gasteiger charge is -2.04. The average Bonchev–Trinajstić information content (AvgIpc) is 3.08. The smallest absolute Gasteiger partial charge is 0.209 e. The van der Waals surface area contributed by atoms with Crippen LogP contribution in [0.1, 0.15) is 25.8 Å². The maximum absolute atomic E-state index is 5.31. The zero-order valence-corrected chi connectivity index (χ0v) is 8.83. The van der Waals surface area contributed by atoms with E-state index in [0.29, 0.717) is 6.04 Å². The van der Waals surface area contributed by atoms with Crippen LogP contribution in [0.4, 0.5) is 0 Å². The first-order valence-corrected chi connectivity index (χ1v) is 5.80. The number of rotatable bonds is 4. The molecule has 14 heavy (non-hydrogen) atoms. The van der Waals surface area contributed by atoms with Crippen molar-refractivity contribution in [3.05, 3.63) is 0 Å². The van der Waals surface area contributed by atoms with E-state index in [4.69, 9.17) is 4.74 Å². The van der Waals surface area contributed by atoms with Gasteiger partial charge in [0.05, 0.1) is 18.2 Å². The van der Waals surface area contributed by atoms with Gasteiger partial charge in [0.15, 0.2) is 0 Å². The third-order valence-electron chi connectivity index (χ3n) is 2.50. The summed E-state index contributed by atoms with van der Waals surface area (Å²) in [7, 11) is 0. The Hall–Kier alpha value is -0.620. The molecule has 0 radical (unpaired) electrons. The van der Waals surface area contributed by atoms with Gasteiger partial charge in [-0.2, -0.15) is 0 Å². The third kappa shape index (κ3) is 1.64. The summed E-state index contributed by atoms with van der Waals surface area (Å²) in [5, 5.41) is 12.7. The first kappa shape index (κ1) is 8.67. The van der Waals surface area contributed by atoms with Crippen LogP contribution in [0.5, 0.6) is 0 Å². The molecule has 3 rings (SSSR count). The zero-order chi connectivity index (χ0) is 9.60. The molecule has 1 aromatic heterocycles. The summed E-state index contributed by atoms with van der Waals surface area (Å²) in [6.07, 6.45) is 2.43. The molecule has 1 unspecified atom stereocenters. The molecule has 2 fully saturated rings. The normalized spacial score (nSPS) is 30.6. The van der Waals surface area contributed by atoms with E-state index in [0.717, 1.165) is 17.5 Å². The van der Waals surface area contributed by atoms with Gasteiger partial charge in [-0.1, -0.05) is 11.8 Å². The fourth-order valence-corrected chi connectivity index (χ4v) is 2.27. The highest BCUT2D eigenvalue weighted by Crippen LogP contribution is 2.38. The number of aromatic nitrogens is 4. The van der Waals surface area contributed by atoms with Gasteiger partial charge in [-0.3, -0.25) is 0 Å². The molecule has 6 heteroatoms. The molecule has 1 atom stereocenters. The largest absolute Gasteiger partial charge is 0.369 e. The van der Waals surface area contributed by atoms with Gasteiger partial charge in [-0.05, 0) is 30.2 Å². The molecule has 2 heterocycles. The second kappa shape index (κ2) is 2.93. The van der Waals surface area contributed by atoms with E-state index < -0.39 is 0 Å². The number of hydrogen-bond donors (Lipinski definition) is 0. The predicted octanol–water partition coefficient (Wildman–Crippen LogP) is 0.889. The standard InChI is InChI=1S/C8H12N4OS/c1-8(4-13-8)5-14-7-9-10-11-12(7)6-2-3-6/h6H,2-5H2,1H3. The van der Waals surface area contributed by atoms with Crippen LogP contribution in [0, 0.1) is 0 Å². The molecule has 0 aromatic carbocycles. The number of ether oxygens (including phenoxy) is 1. The summed E-state index contributed by atoms with van der Waals surface area (Å²) in [6, 6.07) is 0.556. The van der Waals surface area contributed by atoms with Gasteiger partial charge in [0.1, 0.15) is 0 Å². The van der Waals surface area contributed by atoms with Crippen LogP contribution in [-0.4, -0.2) is 38.2 Å². The van der Waals surface area contributed by atoms with E-state index >= 15 is 0 Å². The second-order valence-corrected chi connectivity index (χ2v) is 5.11. The maximum Gasteiger partial charge on any atom is 0.209 e. The van der Waals surface area contributed by atoms with Gasteiger partial charge in [0.2, 0.25) is 5.16 Å². The molecule has 0 bridgehead atoms. The molecule has 76 valence electrons. The fraction of sp³-hybridized carbons (Fsp3) is 0.875. The molecule has 1 aliphatic heterocycles. The minimum absolute atomic E-state index is 0.0744. The first-order valence-electron chi connectivity index (χ1n) is 4.81. The van der Waals surface area contributed by atoms with Crippen molar-refractivity contribution in [1.82, 2.24) is 20.2 Å². The Morgan fingerprint density at radius 3 is 3.07 bits per heavy atom. The second-order valence-electron chi connectivity index (χ2n) is 4.16. The first-order chi connectivity index (χ1) is 6.77. The van der Waals surface area contributed by atoms with E-state index in [-0.39, 0.29) is 5.60 Å². The molecule has 1 saturated carbocycles. The van der Waals surface area contributed by atoms with E-state index in [2.05, 4.69) is 22.4 Å². The number of hydrogen-bond acceptors (Lipinski definition) is 5. The van der Waals surface area contributed by atoms with Crippen molar-refractivity contribution in [2.24, 2.45) is 0 Å². The Labute approximate surface area is 86.2 Å². The van der Waals surface area contributed by atoms with E-state index in [1.54, 1.807) is 11.8 Å². The van der Waals surface area contributed by atoms with Crippen molar-refractivity contribution in [3.63, 3.8) is 0 Å². The van der Waals surface area contributed by atoms with Crippen molar-refractivity contribution in [2.75, 3.05) is 12.4 Å². The highest BCUT2D eigenvalue weighted by Gasteiger charge is 2.40.